The molecule has 4 aliphatic rings. The molecule has 1 fully saturated rings. The Bertz CT molecular complexity index is 1380. The zero-order valence-electron chi connectivity index (χ0n) is 19.5. The van der Waals surface area contributed by atoms with Gasteiger partial charge in [0.15, 0.2) is 28.8 Å². The quantitative estimate of drug-likeness (QED) is 0.639. The van der Waals surface area contributed by atoms with Crippen molar-refractivity contribution in [1.82, 2.24) is 0 Å². The van der Waals surface area contributed by atoms with Crippen molar-refractivity contribution in [3.63, 3.8) is 0 Å². The maximum atomic E-state index is 13.1. The van der Waals surface area contributed by atoms with Crippen LogP contribution in [0.1, 0.15) is 50.2 Å². The van der Waals surface area contributed by atoms with E-state index in [0.29, 0.717) is 17.1 Å². The average Bonchev–Trinajstić information content (AvgIpc) is 3.40. The molecule has 174 valence electrons. The van der Waals surface area contributed by atoms with Crippen LogP contribution in [0.2, 0.25) is 0 Å². The molecule has 0 spiro atoms. The van der Waals surface area contributed by atoms with E-state index >= 15 is 0 Å². The molecular weight excluding hydrogens is 428 g/mol. The zero-order chi connectivity index (χ0) is 23.4. The SMILES string of the molecule is C=C(C(=O)C1CC1)/C1=c2\c3c(cc\c2=C(/C)C(=C)c2cc4c(cc2CCCC1)OCO4)OCO3. The van der Waals surface area contributed by atoms with Crippen molar-refractivity contribution in [2.45, 2.75) is 45.4 Å². The number of carbonyl (C=O) groups excluding carboxylic acids is 1. The number of allylic oxidation sites excluding steroid dienone is 2. The highest BCUT2D eigenvalue weighted by Crippen LogP contribution is 2.40. The number of Topliss-reactive ketones (excluding diaryl/α,β-unsaturated/α-hetero) is 1. The first-order chi connectivity index (χ1) is 16.5. The third kappa shape index (κ3) is 3.42. The second-order valence-corrected chi connectivity index (χ2v) is 9.49. The number of ether oxygens (including phenoxy) is 4. The van der Waals surface area contributed by atoms with Gasteiger partial charge in [-0.05, 0) is 96.7 Å². The van der Waals surface area contributed by atoms with E-state index in [9.17, 15) is 4.79 Å². The highest BCUT2D eigenvalue weighted by molar-refractivity contribution is 6.09. The first kappa shape index (κ1) is 21.1. The Balaban J connectivity index is 1.63. The van der Waals surface area contributed by atoms with Crippen molar-refractivity contribution in [2.75, 3.05) is 13.6 Å². The van der Waals surface area contributed by atoms with Crippen molar-refractivity contribution in [2.24, 2.45) is 5.92 Å². The van der Waals surface area contributed by atoms with E-state index in [4.69, 9.17) is 18.9 Å². The Hall–Kier alpha value is -3.47. The van der Waals surface area contributed by atoms with Crippen LogP contribution < -0.4 is 29.4 Å². The Kier molecular flexibility index (Phi) is 5.01. The number of hydrogen-bond acceptors (Lipinski definition) is 5. The topological polar surface area (TPSA) is 54.0 Å². The number of hydrogen-bond donors (Lipinski definition) is 0. The summed E-state index contributed by atoms with van der Waals surface area (Å²) in [7, 11) is 0. The molecule has 0 amide bonds. The van der Waals surface area contributed by atoms with E-state index in [2.05, 4.69) is 32.2 Å². The first-order valence-corrected chi connectivity index (χ1v) is 12.0. The molecule has 0 N–H and O–H groups in total. The van der Waals surface area contributed by atoms with Gasteiger partial charge < -0.3 is 18.9 Å². The van der Waals surface area contributed by atoms with Crippen LogP contribution >= 0.6 is 0 Å². The average molecular weight is 457 g/mol. The fourth-order valence-corrected chi connectivity index (χ4v) is 5.21. The third-order valence-corrected chi connectivity index (χ3v) is 7.35. The molecule has 2 aromatic rings. The molecule has 0 saturated heterocycles. The summed E-state index contributed by atoms with van der Waals surface area (Å²) in [6, 6.07) is 8.15. The van der Waals surface area contributed by atoms with Gasteiger partial charge in [0.25, 0.3) is 0 Å². The van der Waals surface area contributed by atoms with Gasteiger partial charge >= 0.3 is 0 Å². The largest absolute Gasteiger partial charge is 0.454 e. The summed E-state index contributed by atoms with van der Waals surface area (Å²) >= 11 is 0. The Morgan fingerprint density at radius 1 is 0.941 bits per heavy atom. The molecule has 5 heteroatoms. The van der Waals surface area contributed by atoms with Gasteiger partial charge in [-0.15, -0.1) is 0 Å². The summed E-state index contributed by atoms with van der Waals surface area (Å²) in [5, 5.41) is 1.93. The van der Waals surface area contributed by atoms with E-state index < -0.39 is 0 Å². The third-order valence-electron chi connectivity index (χ3n) is 7.35. The summed E-state index contributed by atoms with van der Waals surface area (Å²) in [5.41, 5.74) is 5.81. The Morgan fingerprint density at radius 3 is 2.44 bits per heavy atom. The normalized spacial score (nSPS) is 22.0. The number of benzene rings is 2. The number of aryl methyl sites for hydroxylation is 1. The maximum absolute atomic E-state index is 13.1. The molecular formula is C29H28O5. The van der Waals surface area contributed by atoms with Crippen LogP contribution in [-0.2, 0) is 11.2 Å². The minimum absolute atomic E-state index is 0.113. The summed E-state index contributed by atoms with van der Waals surface area (Å²) in [6.45, 7) is 11.3. The fourth-order valence-electron chi connectivity index (χ4n) is 5.21. The van der Waals surface area contributed by atoms with E-state index in [-0.39, 0.29) is 25.3 Å². The van der Waals surface area contributed by atoms with Crippen LogP contribution in [0.3, 0.4) is 0 Å². The molecule has 0 aromatic heterocycles. The minimum atomic E-state index is 0.113. The molecule has 6 rings (SSSR count). The zero-order valence-corrected chi connectivity index (χ0v) is 19.5. The highest BCUT2D eigenvalue weighted by atomic mass is 16.7. The van der Waals surface area contributed by atoms with Crippen LogP contribution in [0.5, 0.6) is 23.0 Å². The lowest BCUT2D eigenvalue weighted by Gasteiger charge is -2.14. The van der Waals surface area contributed by atoms with E-state index in [0.717, 1.165) is 82.7 Å². The Morgan fingerprint density at radius 2 is 1.65 bits per heavy atom. The highest BCUT2D eigenvalue weighted by Gasteiger charge is 2.33. The van der Waals surface area contributed by atoms with Gasteiger partial charge in [-0.3, -0.25) is 4.79 Å². The van der Waals surface area contributed by atoms with Crippen LogP contribution in [0.15, 0.2) is 43.0 Å². The van der Waals surface area contributed by atoms with Gasteiger partial charge in [0.05, 0.1) is 0 Å². The van der Waals surface area contributed by atoms with Crippen LogP contribution in [-0.4, -0.2) is 19.4 Å². The molecule has 0 unspecified atom stereocenters. The van der Waals surface area contributed by atoms with E-state index in [1.165, 1.54) is 5.56 Å². The van der Waals surface area contributed by atoms with Crippen LogP contribution in [0, 0.1) is 5.92 Å². The van der Waals surface area contributed by atoms with Gasteiger partial charge in [0.1, 0.15) is 0 Å². The number of fused-ring (bicyclic) bond motifs is 5. The minimum Gasteiger partial charge on any atom is -0.454 e. The lowest BCUT2D eigenvalue weighted by atomic mass is 9.91. The molecule has 2 aliphatic heterocycles. The van der Waals surface area contributed by atoms with Crippen LogP contribution in [0.25, 0.3) is 16.7 Å². The first-order valence-electron chi connectivity index (χ1n) is 12.0. The molecule has 5 nitrogen and oxygen atoms in total. The van der Waals surface area contributed by atoms with Gasteiger partial charge in [-0.25, -0.2) is 0 Å². The predicted octanol–water partition coefficient (Wildman–Crippen LogP) is 4.44. The van der Waals surface area contributed by atoms with Gasteiger partial charge in [-0.2, -0.15) is 0 Å². The summed E-state index contributed by atoms with van der Waals surface area (Å²) in [5.74, 6) is 3.23. The second-order valence-electron chi connectivity index (χ2n) is 9.49. The molecule has 34 heavy (non-hydrogen) atoms. The molecule has 2 aromatic carbocycles. The van der Waals surface area contributed by atoms with Crippen molar-refractivity contribution >= 4 is 22.5 Å². The van der Waals surface area contributed by atoms with Crippen LogP contribution in [0.4, 0.5) is 0 Å². The number of rotatable bonds is 3. The molecule has 0 atom stereocenters. The summed E-state index contributed by atoms with van der Waals surface area (Å²) < 4.78 is 23.0. The number of carbonyl (C=O) groups is 1. The standard InChI is InChI=1S/C29H28O5/c1-16-17(2)23-13-26-25(32-14-33-26)12-20(23)6-4-5-7-21(18(3)28(30)19-8-9-19)27-22(16)10-11-24-29(27)34-15-31-24/h10-13,19H,2-9,14-15H2,1H3/b22-16-,27-21-. The van der Waals surface area contributed by atoms with Crippen molar-refractivity contribution in [1.29, 1.82) is 0 Å². The van der Waals surface area contributed by atoms with Gasteiger partial charge in [-0.1, -0.05) is 19.2 Å². The van der Waals surface area contributed by atoms with Gasteiger partial charge in [0, 0.05) is 16.7 Å². The molecule has 1 saturated carbocycles. The second kappa shape index (κ2) is 8.08. The molecule has 0 radical (unpaired) electrons. The smallest absolute Gasteiger partial charge is 0.231 e. The lowest BCUT2D eigenvalue weighted by Crippen LogP contribution is -2.31. The van der Waals surface area contributed by atoms with Crippen molar-refractivity contribution < 1.29 is 23.7 Å². The van der Waals surface area contributed by atoms with Crippen molar-refractivity contribution in [3.8, 4) is 23.0 Å². The van der Waals surface area contributed by atoms with E-state index in [1.807, 2.05) is 12.1 Å². The lowest BCUT2D eigenvalue weighted by molar-refractivity contribution is -0.116. The van der Waals surface area contributed by atoms with E-state index in [1.54, 1.807) is 0 Å². The molecule has 2 aliphatic carbocycles. The monoisotopic (exact) mass is 456 g/mol. The molecule has 0 bridgehead atoms. The predicted molar refractivity (Wildman–Crippen MR) is 130 cm³/mol. The van der Waals surface area contributed by atoms with Crippen molar-refractivity contribution in [3.05, 3.63) is 64.6 Å². The summed E-state index contributed by atoms with van der Waals surface area (Å²) in [6.07, 6.45) is 5.45. The maximum Gasteiger partial charge on any atom is 0.231 e. The molecule has 2 heterocycles. The number of ketones is 1. The fraction of sp³-hybridized carbons (Fsp3) is 0.345. The van der Waals surface area contributed by atoms with Gasteiger partial charge in [0.2, 0.25) is 13.6 Å². The summed E-state index contributed by atoms with van der Waals surface area (Å²) in [4.78, 5) is 13.1. The Labute approximate surface area is 199 Å².